The molecule has 0 fully saturated rings. The highest BCUT2D eigenvalue weighted by atomic mass is 35.5. The van der Waals surface area contributed by atoms with Crippen molar-refractivity contribution in [2.24, 2.45) is 17.3 Å². The molecule has 7 nitrogen and oxygen atoms in total. The molecule has 160 valence electrons. The van der Waals surface area contributed by atoms with Gasteiger partial charge in [0, 0.05) is 42.0 Å². The molecule has 1 aromatic carbocycles. The van der Waals surface area contributed by atoms with Gasteiger partial charge in [0.25, 0.3) is 5.91 Å². The standard InChI is InChI=1S/C23H25ClN6O/c1-5-23(15-8-6-7-13(9-15)14-11-25-30(4)12-14)17-16(10-22(2,3)27-21(17)31)26-20-18(23)19(24)28-29-20/h6-9,11-12,20,26H,5,10H2,1-4H3,(H,27,31). The largest absolute Gasteiger partial charge is 0.362 e. The molecule has 2 aromatic rings. The number of nitrogens with zero attached hydrogens (tertiary/aromatic N) is 4. The molecule has 2 atom stereocenters. The van der Waals surface area contributed by atoms with Crippen molar-refractivity contribution in [3.8, 4) is 11.1 Å². The van der Waals surface area contributed by atoms with Crippen LogP contribution in [0.3, 0.4) is 0 Å². The van der Waals surface area contributed by atoms with Gasteiger partial charge in [-0.1, -0.05) is 36.7 Å². The zero-order valence-corrected chi connectivity index (χ0v) is 18.8. The van der Waals surface area contributed by atoms with E-state index in [0.29, 0.717) is 18.0 Å². The van der Waals surface area contributed by atoms with Crippen molar-refractivity contribution in [2.75, 3.05) is 0 Å². The number of benzene rings is 1. The van der Waals surface area contributed by atoms with E-state index in [9.17, 15) is 4.79 Å². The van der Waals surface area contributed by atoms with Gasteiger partial charge in [-0.25, -0.2) is 0 Å². The van der Waals surface area contributed by atoms with Gasteiger partial charge in [-0.15, -0.1) is 5.11 Å². The number of aromatic nitrogens is 2. The van der Waals surface area contributed by atoms with Gasteiger partial charge >= 0.3 is 0 Å². The van der Waals surface area contributed by atoms with E-state index in [1.165, 1.54) is 0 Å². The molecule has 0 saturated carbocycles. The second-order valence-electron chi connectivity index (χ2n) is 9.08. The third kappa shape index (κ3) is 2.94. The summed E-state index contributed by atoms with van der Waals surface area (Å²) in [6.45, 7) is 6.15. The van der Waals surface area contributed by atoms with Crippen LogP contribution in [0.25, 0.3) is 11.1 Å². The molecule has 5 rings (SSSR count). The number of hydrogen-bond acceptors (Lipinski definition) is 5. The molecule has 3 aliphatic heterocycles. The number of hydrogen-bond donors (Lipinski definition) is 2. The van der Waals surface area contributed by atoms with Gasteiger partial charge in [-0.2, -0.15) is 10.2 Å². The van der Waals surface area contributed by atoms with Gasteiger partial charge in [0.2, 0.25) is 0 Å². The minimum atomic E-state index is -0.718. The van der Waals surface area contributed by atoms with E-state index in [2.05, 4.69) is 51.1 Å². The predicted molar refractivity (Wildman–Crippen MR) is 119 cm³/mol. The first-order valence-electron chi connectivity index (χ1n) is 10.5. The smallest absolute Gasteiger partial charge is 0.250 e. The first-order valence-corrected chi connectivity index (χ1v) is 10.9. The van der Waals surface area contributed by atoms with Crippen LogP contribution in [0, 0.1) is 0 Å². The minimum absolute atomic E-state index is 0.0744. The number of halogens is 1. The molecule has 8 heteroatoms. The summed E-state index contributed by atoms with van der Waals surface area (Å²) in [5, 5.41) is 19.9. The average Bonchev–Trinajstić information content (AvgIpc) is 3.31. The SMILES string of the molecule is CCC1(c2cccc(-c3cnn(C)c3)c2)C2=C(CC(C)(C)NC2=O)NC2N=NC(Cl)=C21. The van der Waals surface area contributed by atoms with Gasteiger partial charge < -0.3 is 10.6 Å². The molecule has 1 aromatic heterocycles. The highest BCUT2D eigenvalue weighted by Gasteiger charge is 2.54. The zero-order chi connectivity index (χ0) is 22.0. The third-order valence-corrected chi connectivity index (χ3v) is 6.76. The molecule has 0 bridgehead atoms. The van der Waals surface area contributed by atoms with Crippen LogP contribution in [0.4, 0.5) is 0 Å². The number of rotatable bonds is 3. The second-order valence-corrected chi connectivity index (χ2v) is 9.44. The second kappa shape index (κ2) is 6.79. The van der Waals surface area contributed by atoms with Crippen LogP contribution < -0.4 is 10.6 Å². The number of carbonyl (C=O) groups excluding carboxylic acids is 1. The fourth-order valence-corrected chi connectivity index (χ4v) is 5.51. The van der Waals surface area contributed by atoms with Crippen molar-refractivity contribution in [3.63, 3.8) is 0 Å². The van der Waals surface area contributed by atoms with Crippen molar-refractivity contribution < 1.29 is 4.79 Å². The normalized spacial score (nSPS) is 26.5. The Morgan fingerprint density at radius 1 is 1.29 bits per heavy atom. The Hall–Kier alpha value is -2.93. The minimum Gasteiger partial charge on any atom is -0.362 e. The van der Waals surface area contributed by atoms with Crippen molar-refractivity contribution in [1.29, 1.82) is 0 Å². The first-order chi connectivity index (χ1) is 14.7. The van der Waals surface area contributed by atoms with Crippen LogP contribution in [-0.2, 0) is 17.3 Å². The molecule has 4 heterocycles. The van der Waals surface area contributed by atoms with E-state index in [1.807, 2.05) is 39.4 Å². The number of aryl methyl sites for hydroxylation is 1. The predicted octanol–water partition coefficient (Wildman–Crippen LogP) is 4.13. The first kappa shape index (κ1) is 20.0. The zero-order valence-electron chi connectivity index (χ0n) is 18.0. The van der Waals surface area contributed by atoms with Crippen LogP contribution >= 0.6 is 11.6 Å². The van der Waals surface area contributed by atoms with Gasteiger partial charge in [0.15, 0.2) is 11.3 Å². The van der Waals surface area contributed by atoms with Crippen LogP contribution in [0.2, 0.25) is 0 Å². The Labute approximate surface area is 186 Å². The van der Waals surface area contributed by atoms with Gasteiger partial charge in [-0.05, 0) is 37.5 Å². The van der Waals surface area contributed by atoms with E-state index in [1.54, 1.807) is 4.68 Å². The highest BCUT2D eigenvalue weighted by molar-refractivity contribution is 6.30. The van der Waals surface area contributed by atoms with Crippen LogP contribution in [-0.4, -0.2) is 27.4 Å². The fourth-order valence-electron chi connectivity index (χ4n) is 5.20. The lowest BCUT2D eigenvalue weighted by molar-refractivity contribution is -0.120. The molecule has 0 aliphatic carbocycles. The number of azo groups is 1. The van der Waals surface area contributed by atoms with Crippen molar-refractivity contribution in [1.82, 2.24) is 20.4 Å². The molecular weight excluding hydrogens is 412 g/mol. The number of fused-ring (bicyclic) bond motifs is 1. The summed E-state index contributed by atoms with van der Waals surface area (Å²) in [4.78, 5) is 13.5. The average molecular weight is 437 g/mol. The van der Waals surface area contributed by atoms with Crippen molar-refractivity contribution >= 4 is 17.5 Å². The monoisotopic (exact) mass is 436 g/mol. The number of carbonyl (C=O) groups is 1. The number of amides is 1. The Bertz CT molecular complexity index is 1190. The summed E-state index contributed by atoms with van der Waals surface area (Å²) in [6, 6.07) is 8.28. The van der Waals surface area contributed by atoms with Gasteiger partial charge in [0.05, 0.1) is 17.2 Å². The Balaban J connectivity index is 1.77. The fraction of sp³-hybridized carbons (Fsp3) is 0.391. The van der Waals surface area contributed by atoms with E-state index >= 15 is 0 Å². The van der Waals surface area contributed by atoms with Gasteiger partial charge in [-0.3, -0.25) is 9.48 Å². The Kier molecular flexibility index (Phi) is 4.38. The molecule has 0 radical (unpaired) electrons. The molecule has 2 unspecified atom stereocenters. The summed E-state index contributed by atoms with van der Waals surface area (Å²) < 4.78 is 1.78. The Morgan fingerprint density at radius 2 is 2.10 bits per heavy atom. The maximum absolute atomic E-state index is 13.5. The highest BCUT2D eigenvalue weighted by Crippen LogP contribution is 2.53. The summed E-state index contributed by atoms with van der Waals surface area (Å²) in [5.74, 6) is -0.0744. The molecule has 3 aliphatic rings. The molecule has 31 heavy (non-hydrogen) atoms. The quantitative estimate of drug-likeness (QED) is 0.709. The summed E-state index contributed by atoms with van der Waals surface area (Å²) in [7, 11) is 1.90. The lowest BCUT2D eigenvalue weighted by Crippen LogP contribution is -2.58. The summed E-state index contributed by atoms with van der Waals surface area (Å²) in [5.41, 5.74) is 4.47. The summed E-state index contributed by atoms with van der Waals surface area (Å²) >= 11 is 6.61. The van der Waals surface area contributed by atoms with Crippen LogP contribution in [0.15, 0.2) is 68.9 Å². The molecule has 0 saturated heterocycles. The van der Waals surface area contributed by atoms with Crippen molar-refractivity contribution in [3.05, 3.63) is 64.2 Å². The van der Waals surface area contributed by atoms with E-state index < -0.39 is 5.41 Å². The van der Waals surface area contributed by atoms with Crippen molar-refractivity contribution in [2.45, 2.75) is 50.7 Å². The maximum atomic E-state index is 13.5. The lowest BCUT2D eigenvalue weighted by atomic mass is 9.62. The Morgan fingerprint density at radius 3 is 2.81 bits per heavy atom. The van der Waals surface area contributed by atoms with Crippen LogP contribution in [0.5, 0.6) is 0 Å². The number of nitrogens with one attached hydrogen (secondary N) is 2. The van der Waals surface area contributed by atoms with E-state index in [4.69, 9.17) is 11.6 Å². The van der Waals surface area contributed by atoms with Crippen LogP contribution in [0.1, 0.15) is 39.2 Å². The molecule has 1 amide bonds. The topological polar surface area (TPSA) is 83.7 Å². The van der Waals surface area contributed by atoms with E-state index in [0.717, 1.165) is 33.5 Å². The third-order valence-electron chi connectivity index (χ3n) is 6.48. The van der Waals surface area contributed by atoms with E-state index in [-0.39, 0.29) is 17.6 Å². The maximum Gasteiger partial charge on any atom is 0.250 e. The molecule has 0 spiro atoms. The summed E-state index contributed by atoms with van der Waals surface area (Å²) in [6.07, 6.45) is 4.81. The van der Waals surface area contributed by atoms with Gasteiger partial charge in [0.1, 0.15) is 0 Å². The lowest BCUT2D eigenvalue weighted by Gasteiger charge is -2.48. The molecular formula is C23H25ClN6O. The molecule has 2 N–H and O–H groups in total.